The Labute approximate surface area is 172 Å². The van der Waals surface area contributed by atoms with Gasteiger partial charge in [-0.05, 0) is 30.3 Å². The first-order valence-corrected chi connectivity index (χ1v) is 9.27. The zero-order chi connectivity index (χ0) is 21.7. The van der Waals surface area contributed by atoms with Crippen LogP contribution in [0, 0.1) is 10.1 Å². The molecular weight excluding hydrogens is 392 g/mol. The van der Waals surface area contributed by atoms with Crippen molar-refractivity contribution in [2.24, 2.45) is 0 Å². The molecule has 0 unspecified atom stereocenters. The predicted molar refractivity (Wildman–Crippen MR) is 110 cm³/mol. The van der Waals surface area contributed by atoms with Crippen LogP contribution in [0.15, 0.2) is 42.5 Å². The summed E-state index contributed by atoms with van der Waals surface area (Å²) in [6.45, 7) is 1.81. The second kappa shape index (κ2) is 9.12. The first-order chi connectivity index (χ1) is 14.4. The van der Waals surface area contributed by atoms with E-state index in [1.165, 1.54) is 12.1 Å². The van der Waals surface area contributed by atoms with Gasteiger partial charge in [0.25, 0.3) is 11.6 Å². The Morgan fingerprint density at radius 3 is 2.37 bits per heavy atom. The van der Waals surface area contributed by atoms with Crippen molar-refractivity contribution in [2.75, 3.05) is 50.5 Å². The number of anilines is 2. The topological polar surface area (TPSA) is 128 Å². The molecule has 158 valence electrons. The summed E-state index contributed by atoms with van der Waals surface area (Å²) in [5.41, 5.74) is 6.36. The van der Waals surface area contributed by atoms with Crippen molar-refractivity contribution >= 4 is 28.9 Å². The van der Waals surface area contributed by atoms with E-state index in [1.807, 2.05) is 24.3 Å². The molecule has 1 aliphatic heterocycles. The number of nitrogen functional groups attached to an aromatic ring is 1. The summed E-state index contributed by atoms with van der Waals surface area (Å²) in [5, 5.41) is 10.9. The summed E-state index contributed by atoms with van der Waals surface area (Å²) >= 11 is 0. The van der Waals surface area contributed by atoms with E-state index in [2.05, 4.69) is 4.90 Å². The zero-order valence-corrected chi connectivity index (χ0v) is 16.4. The maximum Gasteiger partial charge on any atom is 0.341 e. The minimum atomic E-state index is -0.874. The lowest BCUT2D eigenvalue weighted by Gasteiger charge is -2.36. The Bertz CT molecular complexity index is 939. The molecule has 3 rings (SSSR count). The number of nitrogens with zero attached hydrogens (tertiary/aromatic N) is 3. The number of ether oxygens (including phenoxy) is 2. The van der Waals surface area contributed by atoms with Gasteiger partial charge in [0.05, 0.1) is 17.6 Å². The van der Waals surface area contributed by atoms with E-state index < -0.39 is 17.5 Å². The monoisotopic (exact) mass is 414 g/mol. The van der Waals surface area contributed by atoms with Crippen LogP contribution in [0.25, 0.3) is 0 Å². The third-order valence-corrected chi connectivity index (χ3v) is 4.86. The number of carbonyl (C=O) groups excluding carboxylic acids is 2. The molecule has 1 amide bonds. The Kier molecular flexibility index (Phi) is 6.35. The van der Waals surface area contributed by atoms with Crippen molar-refractivity contribution in [3.8, 4) is 5.75 Å². The highest BCUT2D eigenvalue weighted by Crippen LogP contribution is 2.22. The van der Waals surface area contributed by atoms with Crippen LogP contribution in [0.1, 0.15) is 10.4 Å². The van der Waals surface area contributed by atoms with Crippen molar-refractivity contribution < 1.29 is 24.0 Å². The quantitative estimate of drug-likeness (QED) is 0.327. The Balaban J connectivity index is 1.52. The predicted octanol–water partition coefficient (Wildman–Crippen LogP) is 1.69. The molecule has 2 aromatic rings. The highest BCUT2D eigenvalue weighted by atomic mass is 16.6. The number of nitro groups is 1. The summed E-state index contributed by atoms with van der Waals surface area (Å²) in [5.74, 6) is -0.429. The average molecular weight is 414 g/mol. The second-order valence-corrected chi connectivity index (χ2v) is 6.67. The number of methoxy groups -OCH3 is 1. The Morgan fingerprint density at radius 2 is 1.77 bits per heavy atom. The van der Waals surface area contributed by atoms with Crippen LogP contribution in [-0.2, 0) is 9.53 Å². The van der Waals surface area contributed by atoms with Gasteiger partial charge in [-0.2, -0.15) is 0 Å². The lowest BCUT2D eigenvalue weighted by atomic mass is 10.1. The molecule has 1 fully saturated rings. The Hall–Kier alpha value is -3.82. The molecule has 1 saturated heterocycles. The van der Waals surface area contributed by atoms with Crippen molar-refractivity contribution in [1.29, 1.82) is 0 Å². The molecule has 10 nitrogen and oxygen atoms in total. The van der Waals surface area contributed by atoms with Crippen LogP contribution in [0.5, 0.6) is 5.75 Å². The van der Waals surface area contributed by atoms with Crippen LogP contribution in [0.2, 0.25) is 0 Å². The van der Waals surface area contributed by atoms with Gasteiger partial charge in [-0.1, -0.05) is 0 Å². The van der Waals surface area contributed by atoms with Gasteiger partial charge < -0.3 is 25.0 Å². The van der Waals surface area contributed by atoms with Gasteiger partial charge in [-0.3, -0.25) is 14.9 Å². The summed E-state index contributed by atoms with van der Waals surface area (Å²) < 4.78 is 10.2. The van der Waals surface area contributed by atoms with Gasteiger partial charge in [0.2, 0.25) is 0 Å². The normalized spacial score (nSPS) is 13.6. The fourth-order valence-electron chi connectivity index (χ4n) is 3.14. The third kappa shape index (κ3) is 4.77. The van der Waals surface area contributed by atoms with Gasteiger partial charge >= 0.3 is 5.97 Å². The standard InChI is InChI=1S/C20H22N4O6/c1-29-16-5-2-14(3-6-16)22-8-10-23(11-9-22)19(25)13-30-20(26)17-12-15(24(27)28)4-7-18(17)21/h2-7,12H,8-11,13,21H2,1H3. The molecule has 1 aliphatic rings. The number of piperazine rings is 1. The van der Waals surface area contributed by atoms with Crippen LogP contribution in [-0.4, -0.2) is 61.6 Å². The summed E-state index contributed by atoms with van der Waals surface area (Å²) in [6, 6.07) is 11.2. The largest absolute Gasteiger partial charge is 0.497 e. The molecule has 0 saturated carbocycles. The van der Waals surface area contributed by atoms with Crippen LogP contribution in [0.4, 0.5) is 17.1 Å². The van der Waals surface area contributed by atoms with E-state index in [1.54, 1.807) is 12.0 Å². The molecule has 0 atom stereocenters. The number of benzene rings is 2. The number of carbonyl (C=O) groups is 2. The van der Waals surface area contributed by atoms with E-state index in [0.717, 1.165) is 17.5 Å². The van der Waals surface area contributed by atoms with Gasteiger partial charge in [-0.15, -0.1) is 0 Å². The van der Waals surface area contributed by atoms with Crippen LogP contribution >= 0.6 is 0 Å². The van der Waals surface area contributed by atoms with Crippen molar-refractivity contribution in [1.82, 2.24) is 4.90 Å². The van der Waals surface area contributed by atoms with E-state index >= 15 is 0 Å². The third-order valence-electron chi connectivity index (χ3n) is 4.86. The van der Waals surface area contributed by atoms with E-state index in [-0.39, 0.29) is 22.8 Å². The number of amides is 1. The number of hydrogen-bond donors (Lipinski definition) is 1. The van der Waals surface area contributed by atoms with Crippen molar-refractivity contribution in [3.63, 3.8) is 0 Å². The lowest BCUT2D eigenvalue weighted by molar-refractivity contribution is -0.384. The molecule has 2 N–H and O–H groups in total. The fraction of sp³-hybridized carbons (Fsp3) is 0.300. The summed E-state index contributed by atoms with van der Waals surface area (Å²) in [6.07, 6.45) is 0. The SMILES string of the molecule is COc1ccc(N2CCN(C(=O)COC(=O)c3cc([N+](=O)[O-])ccc3N)CC2)cc1. The number of non-ortho nitro benzene ring substituents is 1. The van der Waals surface area contributed by atoms with Crippen LogP contribution in [0.3, 0.4) is 0 Å². The Morgan fingerprint density at radius 1 is 1.10 bits per heavy atom. The maximum absolute atomic E-state index is 12.4. The number of rotatable bonds is 6. The van der Waals surface area contributed by atoms with Gasteiger partial charge in [-0.25, -0.2) is 4.79 Å². The number of nitro benzene ring substituents is 1. The first kappa shape index (κ1) is 20.9. The molecule has 0 aliphatic carbocycles. The number of esters is 1. The highest BCUT2D eigenvalue weighted by Gasteiger charge is 2.23. The molecule has 0 spiro atoms. The molecule has 10 heteroatoms. The smallest absolute Gasteiger partial charge is 0.341 e. The van der Waals surface area contributed by atoms with Crippen LogP contribution < -0.4 is 15.4 Å². The van der Waals surface area contributed by atoms with E-state index in [9.17, 15) is 19.7 Å². The molecule has 0 radical (unpaired) electrons. The number of nitrogens with two attached hydrogens (primary N) is 1. The number of hydrogen-bond acceptors (Lipinski definition) is 8. The molecule has 30 heavy (non-hydrogen) atoms. The van der Waals surface area contributed by atoms with Crippen molar-refractivity contribution in [2.45, 2.75) is 0 Å². The fourth-order valence-corrected chi connectivity index (χ4v) is 3.14. The van der Waals surface area contributed by atoms with Gasteiger partial charge in [0, 0.05) is 49.7 Å². The van der Waals surface area contributed by atoms with Gasteiger partial charge in [0.1, 0.15) is 5.75 Å². The minimum absolute atomic E-state index is 0.0474. The first-order valence-electron chi connectivity index (χ1n) is 9.27. The molecule has 0 aromatic heterocycles. The van der Waals surface area contributed by atoms with E-state index in [0.29, 0.717) is 26.2 Å². The maximum atomic E-state index is 12.4. The molecular formula is C20H22N4O6. The highest BCUT2D eigenvalue weighted by molar-refractivity contribution is 5.97. The van der Waals surface area contributed by atoms with Crippen molar-refractivity contribution in [3.05, 3.63) is 58.1 Å². The summed E-state index contributed by atoms with van der Waals surface area (Å²) in [7, 11) is 1.61. The molecule has 0 bridgehead atoms. The minimum Gasteiger partial charge on any atom is -0.497 e. The average Bonchev–Trinajstić information content (AvgIpc) is 2.77. The summed E-state index contributed by atoms with van der Waals surface area (Å²) in [4.78, 5) is 38.6. The van der Waals surface area contributed by atoms with Gasteiger partial charge in [0.15, 0.2) is 6.61 Å². The molecule has 2 aromatic carbocycles. The zero-order valence-electron chi connectivity index (χ0n) is 16.4. The van der Waals surface area contributed by atoms with E-state index in [4.69, 9.17) is 15.2 Å². The lowest BCUT2D eigenvalue weighted by Crippen LogP contribution is -2.49. The molecule has 1 heterocycles. The second-order valence-electron chi connectivity index (χ2n) is 6.67.